The van der Waals surface area contributed by atoms with Crippen LogP contribution in [-0.2, 0) is 0 Å². The lowest BCUT2D eigenvalue weighted by atomic mass is 9.77. The van der Waals surface area contributed by atoms with Gasteiger partial charge in [0.1, 0.15) is 0 Å². The van der Waals surface area contributed by atoms with Crippen molar-refractivity contribution in [2.75, 3.05) is 6.54 Å². The normalized spacial score (nSPS) is 25.2. The van der Waals surface area contributed by atoms with E-state index in [2.05, 4.69) is 6.92 Å². The first-order valence-corrected chi connectivity index (χ1v) is 5.21. The van der Waals surface area contributed by atoms with Crippen LogP contribution in [0.1, 0.15) is 39.0 Å². The average Bonchev–Trinajstić information content (AvgIpc) is 2.07. The smallest absolute Gasteiger partial charge is 0.00534 e. The maximum atomic E-state index is 5.90. The van der Waals surface area contributed by atoms with Crippen molar-refractivity contribution < 1.29 is 0 Å². The highest BCUT2D eigenvalue weighted by molar-refractivity contribution is 4.79. The van der Waals surface area contributed by atoms with Gasteiger partial charge in [-0.1, -0.05) is 32.1 Å². The van der Waals surface area contributed by atoms with E-state index in [9.17, 15) is 0 Å². The van der Waals surface area contributed by atoms with E-state index in [0.717, 1.165) is 12.5 Å². The standard InChI is InChI=1S/C10H22N2/c1-8(12)10(7-11)9-5-3-2-4-6-9/h8-10H,2-7,11-12H2,1H3. The van der Waals surface area contributed by atoms with E-state index in [1.807, 2.05) is 0 Å². The molecule has 4 N–H and O–H groups in total. The van der Waals surface area contributed by atoms with Crippen LogP contribution in [0.3, 0.4) is 0 Å². The summed E-state index contributed by atoms with van der Waals surface area (Å²) in [5, 5.41) is 0. The molecular weight excluding hydrogens is 148 g/mol. The van der Waals surface area contributed by atoms with Crippen molar-refractivity contribution in [1.82, 2.24) is 0 Å². The molecule has 1 aliphatic rings. The quantitative estimate of drug-likeness (QED) is 0.674. The Morgan fingerprint density at radius 2 is 1.83 bits per heavy atom. The minimum absolute atomic E-state index is 0.276. The van der Waals surface area contributed by atoms with Crippen molar-refractivity contribution >= 4 is 0 Å². The second-order valence-electron chi connectivity index (χ2n) is 4.16. The van der Waals surface area contributed by atoms with E-state index in [4.69, 9.17) is 11.5 Å². The number of hydrogen-bond acceptors (Lipinski definition) is 2. The van der Waals surface area contributed by atoms with Crippen molar-refractivity contribution in [3.05, 3.63) is 0 Å². The van der Waals surface area contributed by atoms with E-state index in [-0.39, 0.29) is 6.04 Å². The minimum Gasteiger partial charge on any atom is -0.330 e. The number of nitrogens with two attached hydrogens (primary N) is 2. The molecule has 1 saturated carbocycles. The first-order valence-electron chi connectivity index (χ1n) is 5.21. The Kier molecular flexibility index (Phi) is 4.02. The van der Waals surface area contributed by atoms with Gasteiger partial charge in [-0.05, 0) is 25.3 Å². The van der Waals surface area contributed by atoms with Crippen molar-refractivity contribution in [1.29, 1.82) is 0 Å². The van der Waals surface area contributed by atoms with Gasteiger partial charge in [-0.25, -0.2) is 0 Å². The van der Waals surface area contributed by atoms with Gasteiger partial charge < -0.3 is 11.5 Å². The third kappa shape index (κ3) is 2.46. The molecule has 0 radical (unpaired) electrons. The summed E-state index contributed by atoms with van der Waals surface area (Å²) in [7, 11) is 0. The lowest BCUT2D eigenvalue weighted by molar-refractivity contribution is 0.228. The lowest BCUT2D eigenvalue weighted by Gasteiger charge is -2.31. The van der Waals surface area contributed by atoms with Gasteiger partial charge in [0.25, 0.3) is 0 Å². The third-order valence-corrected chi connectivity index (χ3v) is 3.20. The fourth-order valence-corrected chi connectivity index (χ4v) is 2.40. The molecule has 0 amide bonds. The molecular formula is C10H22N2. The van der Waals surface area contributed by atoms with Gasteiger partial charge in [-0.15, -0.1) is 0 Å². The predicted molar refractivity (Wildman–Crippen MR) is 52.8 cm³/mol. The molecule has 2 atom stereocenters. The first kappa shape index (κ1) is 10.0. The van der Waals surface area contributed by atoms with Crippen LogP contribution >= 0.6 is 0 Å². The SMILES string of the molecule is CC(N)C(CN)C1CCCCC1. The maximum Gasteiger partial charge on any atom is 0.00534 e. The summed E-state index contributed by atoms with van der Waals surface area (Å²) in [5.41, 5.74) is 11.6. The van der Waals surface area contributed by atoms with Crippen LogP contribution in [-0.4, -0.2) is 12.6 Å². The van der Waals surface area contributed by atoms with Crippen LogP contribution < -0.4 is 11.5 Å². The molecule has 0 saturated heterocycles. The zero-order valence-electron chi connectivity index (χ0n) is 8.13. The number of hydrogen-bond donors (Lipinski definition) is 2. The molecule has 2 nitrogen and oxygen atoms in total. The Morgan fingerprint density at radius 3 is 2.25 bits per heavy atom. The molecule has 0 heterocycles. The molecule has 0 aromatic rings. The Hall–Kier alpha value is -0.0800. The van der Waals surface area contributed by atoms with Crippen LogP contribution in [0, 0.1) is 11.8 Å². The summed E-state index contributed by atoms with van der Waals surface area (Å²) in [4.78, 5) is 0. The Labute approximate surface area is 75.7 Å². The van der Waals surface area contributed by atoms with Crippen molar-refractivity contribution in [3.63, 3.8) is 0 Å². The highest BCUT2D eigenvalue weighted by atomic mass is 14.7. The van der Waals surface area contributed by atoms with Crippen LogP contribution in [0.5, 0.6) is 0 Å². The van der Waals surface area contributed by atoms with Crippen LogP contribution in [0.2, 0.25) is 0 Å². The zero-order valence-corrected chi connectivity index (χ0v) is 8.13. The Morgan fingerprint density at radius 1 is 1.25 bits per heavy atom. The maximum absolute atomic E-state index is 5.90. The topological polar surface area (TPSA) is 52.0 Å². The molecule has 0 aliphatic heterocycles. The van der Waals surface area contributed by atoms with E-state index >= 15 is 0 Å². The first-order chi connectivity index (χ1) is 5.75. The Balaban J connectivity index is 2.40. The predicted octanol–water partition coefficient (Wildman–Crippen LogP) is 1.49. The minimum atomic E-state index is 0.276. The molecule has 2 heteroatoms. The zero-order chi connectivity index (χ0) is 8.97. The van der Waals surface area contributed by atoms with Gasteiger partial charge in [-0.3, -0.25) is 0 Å². The van der Waals surface area contributed by atoms with Crippen LogP contribution in [0.4, 0.5) is 0 Å². The fourth-order valence-electron chi connectivity index (χ4n) is 2.40. The third-order valence-electron chi connectivity index (χ3n) is 3.20. The highest BCUT2D eigenvalue weighted by Crippen LogP contribution is 2.30. The van der Waals surface area contributed by atoms with Crippen molar-refractivity contribution in [2.45, 2.75) is 45.1 Å². The van der Waals surface area contributed by atoms with Gasteiger partial charge in [0.15, 0.2) is 0 Å². The van der Waals surface area contributed by atoms with E-state index in [1.54, 1.807) is 0 Å². The molecule has 72 valence electrons. The van der Waals surface area contributed by atoms with Crippen LogP contribution in [0.15, 0.2) is 0 Å². The summed E-state index contributed by atoms with van der Waals surface area (Å²) < 4.78 is 0. The summed E-state index contributed by atoms with van der Waals surface area (Å²) in [6.45, 7) is 2.86. The monoisotopic (exact) mass is 170 g/mol. The van der Waals surface area contributed by atoms with E-state index < -0.39 is 0 Å². The van der Waals surface area contributed by atoms with Gasteiger partial charge in [0.05, 0.1) is 0 Å². The van der Waals surface area contributed by atoms with Crippen molar-refractivity contribution in [2.24, 2.45) is 23.3 Å². The fraction of sp³-hybridized carbons (Fsp3) is 1.00. The van der Waals surface area contributed by atoms with Gasteiger partial charge >= 0.3 is 0 Å². The summed E-state index contributed by atoms with van der Waals surface area (Å²) >= 11 is 0. The number of rotatable bonds is 3. The highest BCUT2D eigenvalue weighted by Gasteiger charge is 2.24. The summed E-state index contributed by atoms with van der Waals surface area (Å²) in [6, 6.07) is 0.276. The molecule has 1 rings (SSSR count). The second kappa shape index (κ2) is 4.83. The summed E-state index contributed by atoms with van der Waals surface area (Å²) in [6.07, 6.45) is 6.88. The molecule has 0 aromatic carbocycles. The molecule has 0 aromatic heterocycles. The van der Waals surface area contributed by atoms with Crippen molar-refractivity contribution in [3.8, 4) is 0 Å². The largest absolute Gasteiger partial charge is 0.330 e. The Bertz CT molecular complexity index is 117. The second-order valence-corrected chi connectivity index (χ2v) is 4.16. The average molecular weight is 170 g/mol. The molecule has 2 unspecified atom stereocenters. The van der Waals surface area contributed by atoms with Gasteiger partial charge in [0.2, 0.25) is 0 Å². The van der Waals surface area contributed by atoms with Crippen LogP contribution in [0.25, 0.3) is 0 Å². The molecule has 0 spiro atoms. The molecule has 1 fully saturated rings. The lowest BCUT2D eigenvalue weighted by Crippen LogP contribution is -2.38. The molecule has 0 bridgehead atoms. The molecule has 1 aliphatic carbocycles. The van der Waals surface area contributed by atoms with Gasteiger partial charge in [0, 0.05) is 6.04 Å². The van der Waals surface area contributed by atoms with Gasteiger partial charge in [-0.2, -0.15) is 0 Å². The molecule has 12 heavy (non-hydrogen) atoms. The van der Waals surface area contributed by atoms with E-state index in [0.29, 0.717) is 5.92 Å². The summed E-state index contributed by atoms with van der Waals surface area (Å²) in [5.74, 6) is 1.37. The van der Waals surface area contributed by atoms with E-state index in [1.165, 1.54) is 32.1 Å².